The van der Waals surface area contributed by atoms with Gasteiger partial charge in [-0.2, -0.15) is 0 Å². The van der Waals surface area contributed by atoms with Crippen LogP contribution < -0.4 is 11.1 Å². The van der Waals surface area contributed by atoms with E-state index in [2.05, 4.69) is 17.4 Å². The summed E-state index contributed by atoms with van der Waals surface area (Å²) >= 11 is 0. The Morgan fingerprint density at radius 3 is 2.93 bits per heavy atom. The van der Waals surface area contributed by atoms with Crippen molar-refractivity contribution in [3.8, 4) is 0 Å². The minimum atomic E-state index is -0.581. The highest BCUT2D eigenvalue weighted by atomic mass is 16.6. The number of fused-ring (bicyclic) bond motifs is 2. The van der Waals surface area contributed by atoms with Crippen LogP contribution in [0.2, 0.25) is 0 Å². The monoisotopic (exact) mass is 395 g/mol. The lowest BCUT2D eigenvalue weighted by Gasteiger charge is -2.26. The molecule has 1 heterocycles. The fourth-order valence-electron chi connectivity index (χ4n) is 3.95. The Balaban J connectivity index is 1.38. The molecule has 2 aromatic carbocycles. The number of aryl methyl sites for hydroxylation is 2. The first-order valence-corrected chi connectivity index (χ1v) is 9.68. The van der Waals surface area contributed by atoms with E-state index >= 15 is 0 Å². The summed E-state index contributed by atoms with van der Waals surface area (Å²) < 4.78 is 6.52. The summed E-state index contributed by atoms with van der Waals surface area (Å²) in [7, 11) is 0. The summed E-state index contributed by atoms with van der Waals surface area (Å²) in [6, 6.07) is 12.3. The maximum atomic E-state index is 12.4. The van der Waals surface area contributed by atoms with Crippen LogP contribution in [0.3, 0.4) is 0 Å². The lowest BCUT2D eigenvalue weighted by molar-refractivity contribution is -0.384. The first kappa shape index (κ1) is 18.9. The van der Waals surface area contributed by atoms with E-state index in [1.807, 2.05) is 12.1 Å². The zero-order valence-corrected chi connectivity index (χ0v) is 15.8. The van der Waals surface area contributed by atoms with Crippen LogP contribution in [0.15, 0.2) is 51.7 Å². The van der Waals surface area contributed by atoms with Crippen LogP contribution in [0.1, 0.15) is 42.9 Å². The number of hydrogen-bond acceptors (Lipinski definition) is 5. The number of amides is 1. The number of aromatic nitrogens is 1. The average molecular weight is 395 g/mol. The molecule has 1 amide bonds. The number of carbonyl (C=O) groups is 1. The maximum Gasteiger partial charge on any atom is 0.419 e. The zero-order chi connectivity index (χ0) is 20.4. The van der Waals surface area contributed by atoms with Gasteiger partial charge in [0.05, 0.1) is 22.5 Å². The molecular formula is C21H21N3O5. The number of non-ortho nitro benzene ring substituents is 1. The van der Waals surface area contributed by atoms with Crippen molar-refractivity contribution in [2.24, 2.45) is 0 Å². The molecule has 1 aliphatic carbocycles. The number of nitro benzene ring substituents is 1. The first-order chi connectivity index (χ1) is 14.0. The molecular weight excluding hydrogens is 374 g/mol. The molecule has 0 saturated heterocycles. The molecule has 1 aliphatic rings. The highest BCUT2D eigenvalue weighted by Crippen LogP contribution is 2.29. The van der Waals surface area contributed by atoms with Gasteiger partial charge < -0.3 is 9.73 Å². The summed E-state index contributed by atoms with van der Waals surface area (Å²) in [6.07, 6.45) is 3.76. The summed E-state index contributed by atoms with van der Waals surface area (Å²) in [5.74, 6) is -0.634. The quantitative estimate of drug-likeness (QED) is 0.508. The molecule has 0 saturated carbocycles. The highest BCUT2D eigenvalue weighted by Gasteiger charge is 2.21. The van der Waals surface area contributed by atoms with E-state index in [-0.39, 0.29) is 29.6 Å². The average Bonchev–Trinajstić information content (AvgIpc) is 3.03. The van der Waals surface area contributed by atoms with Crippen molar-refractivity contribution in [1.29, 1.82) is 0 Å². The minimum absolute atomic E-state index is 0.0328. The van der Waals surface area contributed by atoms with Crippen LogP contribution in [-0.4, -0.2) is 15.4 Å². The number of nitro groups is 1. The third kappa shape index (κ3) is 3.91. The van der Waals surface area contributed by atoms with Gasteiger partial charge in [-0.15, -0.1) is 0 Å². The van der Waals surface area contributed by atoms with E-state index in [9.17, 15) is 19.7 Å². The molecule has 0 unspecified atom stereocenters. The molecule has 0 bridgehead atoms. The molecule has 3 aromatic rings. The van der Waals surface area contributed by atoms with Gasteiger partial charge >= 0.3 is 5.76 Å². The van der Waals surface area contributed by atoms with E-state index in [1.165, 1.54) is 33.9 Å². The Labute approximate surface area is 166 Å². The molecule has 0 radical (unpaired) electrons. The van der Waals surface area contributed by atoms with E-state index in [4.69, 9.17) is 4.42 Å². The predicted octanol–water partition coefficient (Wildman–Crippen LogP) is 3.48. The van der Waals surface area contributed by atoms with Gasteiger partial charge in [0, 0.05) is 19.0 Å². The number of nitrogens with one attached hydrogen (secondary N) is 1. The molecule has 4 rings (SSSR count). The van der Waals surface area contributed by atoms with Crippen molar-refractivity contribution in [2.75, 3.05) is 0 Å². The highest BCUT2D eigenvalue weighted by molar-refractivity contribution is 5.77. The summed E-state index contributed by atoms with van der Waals surface area (Å²) in [5, 5.41) is 14.0. The predicted molar refractivity (Wildman–Crippen MR) is 107 cm³/mol. The fraction of sp³-hybridized carbons (Fsp3) is 0.333. The van der Waals surface area contributed by atoms with Crippen molar-refractivity contribution in [3.63, 3.8) is 0 Å². The molecule has 1 aromatic heterocycles. The van der Waals surface area contributed by atoms with Crippen molar-refractivity contribution in [1.82, 2.24) is 9.88 Å². The molecule has 1 N–H and O–H groups in total. The second kappa shape index (κ2) is 7.90. The number of hydrogen-bond donors (Lipinski definition) is 1. The van der Waals surface area contributed by atoms with Crippen LogP contribution >= 0.6 is 0 Å². The number of benzene rings is 2. The fourth-order valence-corrected chi connectivity index (χ4v) is 3.95. The van der Waals surface area contributed by atoms with Gasteiger partial charge in [-0.3, -0.25) is 19.5 Å². The van der Waals surface area contributed by atoms with Crippen LogP contribution in [0.4, 0.5) is 5.69 Å². The van der Waals surface area contributed by atoms with Crippen LogP contribution in [0.25, 0.3) is 11.1 Å². The van der Waals surface area contributed by atoms with Crippen molar-refractivity contribution in [3.05, 3.63) is 74.3 Å². The smallest absolute Gasteiger partial charge is 0.407 e. The SMILES string of the molecule is O=C(CCCn1c(=O)oc2cc([N+](=O)[O-])ccc21)N[C@H]1CCCc2ccccc21. The van der Waals surface area contributed by atoms with Gasteiger partial charge in [-0.1, -0.05) is 24.3 Å². The zero-order valence-electron chi connectivity index (χ0n) is 15.8. The molecule has 150 valence electrons. The Morgan fingerprint density at radius 2 is 2.10 bits per heavy atom. The van der Waals surface area contributed by atoms with Gasteiger partial charge in [-0.25, -0.2) is 4.79 Å². The Bertz CT molecular complexity index is 1130. The first-order valence-electron chi connectivity index (χ1n) is 9.68. The van der Waals surface area contributed by atoms with Gasteiger partial charge in [0.1, 0.15) is 0 Å². The Kier molecular flexibility index (Phi) is 5.16. The summed E-state index contributed by atoms with van der Waals surface area (Å²) in [6.45, 7) is 0.304. The molecule has 0 aliphatic heterocycles. The van der Waals surface area contributed by atoms with E-state index in [0.29, 0.717) is 18.5 Å². The van der Waals surface area contributed by atoms with E-state index in [0.717, 1.165) is 19.3 Å². The van der Waals surface area contributed by atoms with Gasteiger partial charge in [-0.05, 0) is 42.9 Å². The second-order valence-electron chi connectivity index (χ2n) is 7.24. The largest absolute Gasteiger partial charge is 0.419 e. The number of carbonyl (C=O) groups excluding carboxylic acids is 1. The van der Waals surface area contributed by atoms with Gasteiger partial charge in [0.2, 0.25) is 5.91 Å². The molecule has 29 heavy (non-hydrogen) atoms. The molecule has 8 nitrogen and oxygen atoms in total. The Hall–Kier alpha value is -3.42. The topological polar surface area (TPSA) is 107 Å². The summed E-state index contributed by atoms with van der Waals surface area (Å²) in [5.41, 5.74) is 3.00. The van der Waals surface area contributed by atoms with Crippen molar-refractivity contribution >= 4 is 22.7 Å². The van der Waals surface area contributed by atoms with Crippen LogP contribution in [-0.2, 0) is 17.8 Å². The van der Waals surface area contributed by atoms with Crippen molar-refractivity contribution < 1.29 is 14.1 Å². The standard InChI is InChI=1S/C21H21N3O5/c25-20(22-17-8-3-6-14-5-1-2-7-16(14)17)9-4-12-23-18-11-10-15(24(27)28)13-19(18)29-21(23)26/h1-2,5,7,10-11,13,17H,3-4,6,8-9,12H2,(H,22,25)/t17-/m0/s1. The Morgan fingerprint density at radius 1 is 1.28 bits per heavy atom. The number of oxazole rings is 1. The molecule has 0 spiro atoms. The van der Waals surface area contributed by atoms with E-state index in [1.54, 1.807) is 0 Å². The van der Waals surface area contributed by atoms with Crippen LogP contribution in [0, 0.1) is 10.1 Å². The number of nitrogens with zero attached hydrogens (tertiary/aromatic N) is 2. The lowest BCUT2D eigenvalue weighted by Crippen LogP contribution is -2.31. The van der Waals surface area contributed by atoms with Crippen molar-refractivity contribution in [2.45, 2.75) is 44.7 Å². The molecule has 0 fully saturated rings. The van der Waals surface area contributed by atoms with Crippen LogP contribution in [0.5, 0.6) is 0 Å². The summed E-state index contributed by atoms with van der Waals surface area (Å²) in [4.78, 5) is 34.8. The molecule has 1 atom stereocenters. The maximum absolute atomic E-state index is 12.4. The van der Waals surface area contributed by atoms with Gasteiger partial charge in [0.15, 0.2) is 5.58 Å². The third-order valence-corrected chi connectivity index (χ3v) is 5.35. The third-order valence-electron chi connectivity index (χ3n) is 5.35. The second-order valence-corrected chi connectivity index (χ2v) is 7.24. The molecule has 8 heteroatoms. The number of rotatable bonds is 6. The normalized spacial score (nSPS) is 15.8. The van der Waals surface area contributed by atoms with E-state index < -0.39 is 10.7 Å². The van der Waals surface area contributed by atoms with Gasteiger partial charge in [0.25, 0.3) is 5.69 Å². The lowest BCUT2D eigenvalue weighted by atomic mass is 9.87. The minimum Gasteiger partial charge on any atom is -0.407 e.